The minimum Gasteiger partial charge on any atom is -0.503 e. The molecule has 28 heavy (non-hydrogen) atoms. The zero-order chi connectivity index (χ0) is 20.3. The molecule has 6 heteroatoms. The van der Waals surface area contributed by atoms with E-state index in [4.69, 9.17) is 10.5 Å². The van der Waals surface area contributed by atoms with Crippen molar-refractivity contribution < 1.29 is 14.2 Å². The molecule has 1 aliphatic carbocycles. The van der Waals surface area contributed by atoms with E-state index < -0.39 is 17.3 Å². The second-order valence-corrected chi connectivity index (χ2v) is 6.34. The van der Waals surface area contributed by atoms with Crippen molar-refractivity contribution >= 4 is 5.82 Å². The summed E-state index contributed by atoms with van der Waals surface area (Å²) < 4.78 is 21.0. The molecule has 5 nitrogen and oxygen atoms in total. The van der Waals surface area contributed by atoms with Gasteiger partial charge in [0, 0.05) is 6.07 Å². The van der Waals surface area contributed by atoms with Crippen molar-refractivity contribution in [1.82, 2.24) is 4.57 Å². The number of aromatic nitrogens is 1. The largest absolute Gasteiger partial charge is 0.503 e. The molecule has 0 radical (unpaired) electrons. The molecule has 1 heterocycles. The zero-order valence-electron chi connectivity index (χ0n) is 15.6. The molecule has 0 saturated carbocycles. The summed E-state index contributed by atoms with van der Waals surface area (Å²) in [5.41, 5.74) is 7.81. The predicted octanol–water partition coefficient (Wildman–Crippen LogP) is 3.35. The number of rotatable bonds is 4. The molecule has 0 aliphatic heterocycles. The van der Waals surface area contributed by atoms with Crippen molar-refractivity contribution in [3.63, 3.8) is 0 Å². The first kappa shape index (κ1) is 19.3. The van der Waals surface area contributed by atoms with Gasteiger partial charge in [0.2, 0.25) is 5.43 Å². The number of benzene rings is 1. The third-order valence-corrected chi connectivity index (χ3v) is 4.45. The van der Waals surface area contributed by atoms with Crippen LogP contribution < -0.4 is 11.2 Å². The number of anilines is 1. The van der Waals surface area contributed by atoms with Crippen molar-refractivity contribution in [1.29, 1.82) is 0 Å². The fraction of sp³-hybridized carbons (Fsp3) is 0.227. The highest BCUT2D eigenvalue weighted by Gasteiger charge is 2.16. The van der Waals surface area contributed by atoms with Crippen LogP contribution in [0.5, 0.6) is 5.75 Å². The number of hydrogen-bond donors (Lipinski definition) is 2. The van der Waals surface area contributed by atoms with Crippen LogP contribution in [0.4, 0.5) is 10.2 Å². The second kappa shape index (κ2) is 8.05. The topological polar surface area (TPSA) is 77.5 Å². The van der Waals surface area contributed by atoms with E-state index in [0.29, 0.717) is 18.1 Å². The second-order valence-electron chi connectivity index (χ2n) is 6.34. The van der Waals surface area contributed by atoms with Gasteiger partial charge in [0.15, 0.2) is 11.9 Å². The van der Waals surface area contributed by atoms with E-state index in [1.54, 1.807) is 6.08 Å². The number of hydrogen-bond acceptors (Lipinski definition) is 4. The summed E-state index contributed by atoms with van der Waals surface area (Å²) in [6.45, 7) is 4.20. The number of allylic oxidation sites excluding steroid dienone is 3. The molecule has 0 saturated heterocycles. The summed E-state index contributed by atoms with van der Waals surface area (Å²) in [6, 6.07) is 6.71. The number of nitrogen functional groups attached to an aromatic ring is 1. The maximum Gasteiger partial charge on any atom is 0.225 e. The Labute approximate surface area is 162 Å². The summed E-state index contributed by atoms with van der Waals surface area (Å²) in [5.74, 6) is 5.52. The van der Waals surface area contributed by atoms with Gasteiger partial charge < -0.3 is 15.6 Å². The lowest BCUT2D eigenvalue weighted by molar-refractivity contribution is 0.240. The summed E-state index contributed by atoms with van der Waals surface area (Å²) in [7, 11) is 0. The summed E-state index contributed by atoms with van der Waals surface area (Å²) in [5, 5.41) is 9.80. The van der Waals surface area contributed by atoms with Gasteiger partial charge in [0.25, 0.3) is 0 Å². The van der Waals surface area contributed by atoms with Gasteiger partial charge in [-0.3, -0.25) is 9.36 Å². The number of alkyl halides is 1. The molecule has 0 amide bonds. The Morgan fingerprint density at radius 3 is 2.89 bits per heavy atom. The van der Waals surface area contributed by atoms with Crippen LogP contribution in [-0.2, 0) is 4.74 Å². The Bertz CT molecular complexity index is 1070. The van der Waals surface area contributed by atoms with Gasteiger partial charge in [0.05, 0.1) is 24.4 Å². The Morgan fingerprint density at radius 2 is 2.14 bits per heavy atom. The minimum atomic E-state index is -1.37. The minimum absolute atomic E-state index is 0.198. The highest BCUT2D eigenvalue weighted by Crippen LogP contribution is 2.29. The van der Waals surface area contributed by atoms with Gasteiger partial charge in [-0.25, -0.2) is 4.39 Å². The molecule has 144 valence electrons. The van der Waals surface area contributed by atoms with E-state index in [9.17, 15) is 14.3 Å². The first-order valence-electron chi connectivity index (χ1n) is 8.89. The van der Waals surface area contributed by atoms with Gasteiger partial charge in [-0.2, -0.15) is 0 Å². The number of nitrogens with zero attached hydrogens (tertiary/aromatic N) is 1. The first-order valence-corrected chi connectivity index (χ1v) is 8.89. The van der Waals surface area contributed by atoms with Gasteiger partial charge >= 0.3 is 0 Å². The Balaban J connectivity index is 2.14. The van der Waals surface area contributed by atoms with Crippen LogP contribution >= 0.6 is 0 Å². The molecule has 3 N–H and O–H groups in total. The lowest BCUT2D eigenvalue weighted by Gasteiger charge is -2.19. The molecule has 2 aromatic rings. The van der Waals surface area contributed by atoms with Crippen molar-refractivity contribution in [2.24, 2.45) is 0 Å². The summed E-state index contributed by atoms with van der Waals surface area (Å²) in [4.78, 5) is 11.6. The fourth-order valence-corrected chi connectivity index (χ4v) is 3.07. The van der Waals surface area contributed by atoms with Crippen LogP contribution in [0.1, 0.15) is 24.0 Å². The smallest absolute Gasteiger partial charge is 0.225 e. The maximum absolute atomic E-state index is 13.9. The zero-order valence-corrected chi connectivity index (χ0v) is 15.6. The molecule has 2 atom stereocenters. The van der Waals surface area contributed by atoms with Crippen LogP contribution in [0.3, 0.4) is 0 Å². The van der Waals surface area contributed by atoms with E-state index in [0.717, 1.165) is 11.1 Å². The molecule has 2 unspecified atom stereocenters. The van der Waals surface area contributed by atoms with E-state index in [1.165, 1.54) is 22.9 Å². The predicted molar refractivity (Wildman–Crippen MR) is 107 cm³/mol. The number of ether oxygens (including phenoxy) is 1. The highest BCUT2D eigenvalue weighted by molar-refractivity contribution is 5.55. The van der Waals surface area contributed by atoms with Crippen molar-refractivity contribution in [2.45, 2.75) is 25.9 Å². The normalized spacial score (nSPS) is 21.5. The number of halogens is 1. The summed E-state index contributed by atoms with van der Waals surface area (Å²) in [6.07, 6.45) is 4.71. The number of pyridine rings is 1. The maximum atomic E-state index is 13.9. The molecule has 0 fully saturated rings. The SMILES string of the molecule is CCOC1=C/C(c2cccc(-n3cc(O)c(=O)cc3N)c2C)C#CC(F)/C=C\1. The average Bonchev–Trinajstić information content (AvgIpc) is 2.65. The molecule has 1 aromatic heterocycles. The van der Waals surface area contributed by atoms with Crippen LogP contribution in [0.25, 0.3) is 5.69 Å². The first-order chi connectivity index (χ1) is 13.4. The lowest BCUT2D eigenvalue weighted by atomic mass is 9.92. The lowest BCUT2D eigenvalue weighted by Crippen LogP contribution is -2.12. The van der Waals surface area contributed by atoms with Crippen LogP contribution in [-0.4, -0.2) is 22.5 Å². The molecule has 3 rings (SSSR count). The summed E-state index contributed by atoms with van der Waals surface area (Å²) >= 11 is 0. The third kappa shape index (κ3) is 3.94. The Hall–Kier alpha value is -3.46. The van der Waals surface area contributed by atoms with Gasteiger partial charge in [-0.1, -0.05) is 24.0 Å². The standard InChI is InChI=1S/C22H21FN2O3/c1-3-28-17-10-9-16(23)8-7-15(11-17)18-5-4-6-19(14(18)2)25-13-21(27)20(26)12-22(25)24/h4-6,9-13,15-16,27H,3,24H2,1-2H3/b10-9-,17-11+. The van der Waals surface area contributed by atoms with Gasteiger partial charge in [-0.15, -0.1) is 0 Å². The average molecular weight is 380 g/mol. The molecule has 0 bridgehead atoms. The van der Waals surface area contributed by atoms with Crippen molar-refractivity contribution in [3.05, 3.63) is 75.8 Å². The molecular weight excluding hydrogens is 359 g/mol. The fourth-order valence-electron chi connectivity index (χ4n) is 3.07. The molecule has 1 aliphatic rings. The Morgan fingerprint density at radius 1 is 1.36 bits per heavy atom. The van der Waals surface area contributed by atoms with E-state index >= 15 is 0 Å². The van der Waals surface area contributed by atoms with E-state index in [1.807, 2.05) is 38.1 Å². The number of nitrogens with two attached hydrogens (primary N) is 1. The van der Waals surface area contributed by atoms with Crippen molar-refractivity contribution in [2.75, 3.05) is 12.3 Å². The Kier molecular flexibility index (Phi) is 5.55. The quantitative estimate of drug-likeness (QED) is 0.798. The van der Waals surface area contributed by atoms with Crippen LogP contribution in [0.2, 0.25) is 0 Å². The third-order valence-electron chi connectivity index (χ3n) is 4.45. The van der Waals surface area contributed by atoms with Gasteiger partial charge in [0.1, 0.15) is 11.6 Å². The van der Waals surface area contributed by atoms with Gasteiger partial charge in [-0.05, 0) is 49.3 Å². The van der Waals surface area contributed by atoms with Crippen LogP contribution in [0, 0.1) is 18.8 Å². The molecule has 1 aromatic carbocycles. The monoisotopic (exact) mass is 380 g/mol. The highest BCUT2D eigenvalue weighted by atomic mass is 19.1. The van der Waals surface area contributed by atoms with E-state index in [2.05, 4.69) is 11.8 Å². The van der Waals surface area contributed by atoms with Crippen molar-refractivity contribution in [3.8, 4) is 23.3 Å². The van der Waals surface area contributed by atoms with Crippen LogP contribution in [0.15, 0.2) is 59.2 Å². The molecular formula is C22H21FN2O3. The molecule has 0 spiro atoms. The number of aromatic hydroxyl groups is 1. The van der Waals surface area contributed by atoms with E-state index in [-0.39, 0.29) is 11.7 Å².